The minimum absolute atomic E-state index is 0.0492. The molecule has 94 valence electrons. The lowest BCUT2D eigenvalue weighted by Crippen LogP contribution is -2.26. The summed E-state index contributed by atoms with van der Waals surface area (Å²) in [5, 5.41) is 1.64. The molecule has 0 radical (unpaired) electrons. The van der Waals surface area contributed by atoms with Crippen LogP contribution in [0.15, 0.2) is 35.3 Å². The van der Waals surface area contributed by atoms with Crippen molar-refractivity contribution in [3.63, 3.8) is 0 Å². The Balaban J connectivity index is 1.75. The highest BCUT2D eigenvalue weighted by Gasteiger charge is 2.25. The summed E-state index contributed by atoms with van der Waals surface area (Å²) in [6, 6.07) is 7.54. The average molecular weight is 243 g/mol. The average Bonchev–Trinajstić information content (AvgIpc) is 2.33. The van der Waals surface area contributed by atoms with Gasteiger partial charge in [0.05, 0.1) is 6.61 Å². The molecule has 1 aliphatic carbocycles. The highest BCUT2D eigenvalue weighted by atomic mass is 16.5. The van der Waals surface area contributed by atoms with Crippen LogP contribution in [0.2, 0.25) is 0 Å². The van der Waals surface area contributed by atoms with Crippen LogP contribution >= 0.6 is 0 Å². The van der Waals surface area contributed by atoms with Gasteiger partial charge in [-0.1, -0.05) is 6.92 Å². The summed E-state index contributed by atoms with van der Waals surface area (Å²) >= 11 is 0. The van der Waals surface area contributed by atoms with Crippen LogP contribution < -0.4 is 10.3 Å². The molecule has 1 aliphatic rings. The first-order valence-electron chi connectivity index (χ1n) is 6.46. The lowest BCUT2D eigenvalue weighted by Gasteiger charge is -2.32. The van der Waals surface area contributed by atoms with E-state index in [1.807, 2.05) is 24.3 Å². The van der Waals surface area contributed by atoms with Crippen molar-refractivity contribution < 1.29 is 4.74 Å². The lowest BCUT2D eigenvalue weighted by molar-refractivity contribution is 0.131. The van der Waals surface area contributed by atoms with Crippen molar-refractivity contribution in [3.05, 3.63) is 40.8 Å². The Bertz CT molecular complexity index is 611. The van der Waals surface area contributed by atoms with Gasteiger partial charge in [-0.15, -0.1) is 0 Å². The van der Waals surface area contributed by atoms with Gasteiger partial charge in [0.25, 0.3) is 5.56 Å². The van der Waals surface area contributed by atoms with Gasteiger partial charge in [-0.2, -0.15) is 0 Å². The number of rotatable bonds is 3. The number of nitrogens with one attached hydrogen (secondary N) is 1. The van der Waals surface area contributed by atoms with Crippen molar-refractivity contribution in [1.29, 1.82) is 0 Å². The maximum atomic E-state index is 11.6. The quantitative estimate of drug-likeness (QED) is 0.900. The Labute approximate surface area is 106 Å². The number of aromatic amines is 1. The summed E-state index contributed by atoms with van der Waals surface area (Å²) in [6.07, 6.45) is 4.21. The third-order valence-electron chi connectivity index (χ3n) is 3.70. The van der Waals surface area contributed by atoms with Crippen molar-refractivity contribution in [2.75, 3.05) is 6.61 Å². The smallest absolute Gasteiger partial charge is 0.255 e. The van der Waals surface area contributed by atoms with Crippen LogP contribution in [0.4, 0.5) is 0 Å². The number of H-pyrrole nitrogens is 1. The number of aromatic nitrogens is 1. The third-order valence-corrected chi connectivity index (χ3v) is 3.70. The molecule has 3 rings (SSSR count). The molecule has 2 aromatic rings. The second-order valence-electron chi connectivity index (χ2n) is 5.31. The first-order chi connectivity index (χ1) is 8.72. The van der Waals surface area contributed by atoms with Crippen molar-refractivity contribution in [3.8, 4) is 5.75 Å². The molecular weight excluding hydrogens is 226 g/mol. The van der Waals surface area contributed by atoms with E-state index in [9.17, 15) is 4.79 Å². The minimum Gasteiger partial charge on any atom is -0.493 e. The number of hydrogen-bond acceptors (Lipinski definition) is 2. The van der Waals surface area contributed by atoms with E-state index in [4.69, 9.17) is 4.74 Å². The molecule has 0 spiro atoms. The Kier molecular flexibility index (Phi) is 2.82. The third kappa shape index (κ3) is 2.13. The SMILES string of the molecule is CC1CC(COc2ccc3c(=O)[nH]ccc3c2)C1. The predicted molar refractivity (Wildman–Crippen MR) is 72.0 cm³/mol. The van der Waals surface area contributed by atoms with Crippen molar-refractivity contribution >= 4 is 10.8 Å². The molecule has 1 heterocycles. The van der Waals surface area contributed by atoms with E-state index in [1.165, 1.54) is 12.8 Å². The van der Waals surface area contributed by atoms with Crippen LogP contribution in [0, 0.1) is 11.8 Å². The summed E-state index contributed by atoms with van der Waals surface area (Å²) in [5.41, 5.74) is -0.0492. The number of ether oxygens (including phenoxy) is 1. The van der Waals surface area contributed by atoms with Crippen LogP contribution in [0.3, 0.4) is 0 Å². The Hall–Kier alpha value is -1.77. The molecule has 1 fully saturated rings. The molecule has 0 saturated heterocycles. The maximum Gasteiger partial charge on any atom is 0.255 e. The van der Waals surface area contributed by atoms with Crippen LogP contribution in [0.25, 0.3) is 10.8 Å². The van der Waals surface area contributed by atoms with Crippen LogP contribution in [-0.2, 0) is 0 Å². The van der Waals surface area contributed by atoms with Gasteiger partial charge in [-0.05, 0) is 54.3 Å². The molecule has 3 nitrogen and oxygen atoms in total. The monoisotopic (exact) mass is 243 g/mol. The van der Waals surface area contributed by atoms with Gasteiger partial charge in [0.1, 0.15) is 5.75 Å². The Morgan fingerprint density at radius 1 is 1.33 bits per heavy atom. The molecule has 0 aliphatic heterocycles. The normalized spacial score (nSPS) is 22.7. The molecule has 0 bridgehead atoms. The zero-order chi connectivity index (χ0) is 12.5. The topological polar surface area (TPSA) is 42.1 Å². The fourth-order valence-electron chi connectivity index (χ4n) is 2.68. The van der Waals surface area contributed by atoms with Gasteiger partial charge in [0.2, 0.25) is 0 Å². The van der Waals surface area contributed by atoms with E-state index in [2.05, 4.69) is 11.9 Å². The summed E-state index contributed by atoms with van der Waals surface area (Å²) in [7, 11) is 0. The van der Waals surface area contributed by atoms with E-state index in [0.717, 1.165) is 23.7 Å². The summed E-state index contributed by atoms with van der Waals surface area (Å²) in [6.45, 7) is 3.07. The van der Waals surface area contributed by atoms with Gasteiger partial charge in [0, 0.05) is 11.6 Å². The molecule has 1 aromatic heterocycles. The van der Waals surface area contributed by atoms with Gasteiger partial charge in [-0.25, -0.2) is 0 Å². The van der Waals surface area contributed by atoms with Crippen molar-refractivity contribution in [1.82, 2.24) is 4.98 Å². The lowest BCUT2D eigenvalue weighted by atomic mass is 9.77. The molecular formula is C15H17NO2. The Morgan fingerprint density at radius 2 is 2.17 bits per heavy atom. The molecule has 1 aromatic carbocycles. The molecule has 18 heavy (non-hydrogen) atoms. The molecule has 0 atom stereocenters. The molecule has 0 amide bonds. The van der Waals surface area contributed by atoms with Crippen molar-refractivity contribution in [2.45, 2.75) is 19.8 Å². The first kappa shape index (κ1) is 11.3. The van der Waals surface area contributed by atoms with Gasteiger partial charge in [-0.3, -0.25) is 4.79 Å². The highest BCUT2D eigenvalue weighted by Crippen LogP contribution is 2.33. The number of fused-ring (bicyclic) bond motifs is 1. The summed E-state index contributed by atoms with van der Waals surface area (Å²) in [4.78, 5) is 14.2. The first-order valence-corrected chi connectivity index (χ1v) is 6.46. The van der Waals surface area contributed by atoms with Crippen LogP contribution in [0.5, 0.6) is 5.75 Å². The minimum atomic E-state index is -0.0492. The highest BCUT2D eigenvalue weighted by molar-refractivity contribution is 5.82. The number of hydrogen-bond donors (Lipinski definition) is 1. The van der Waals surface area contributed by atoms with E-state index in [0.29, 0.717) is 11.3 Å². The summed E-state index contributed by atoms with van der Waals surface area (Å²) in [5.74, 6) is 2.41. The van der Waals surface area contributed by atoms with E-state index >= 15 is 0 Å². The molecule has 3 heteroatoms. The Morgan fingerprint density at radius 3 is 2.94 bits per heavy atom. The van der Waals surface area contributed by atoms with Gasteiger partial charge >= 0.3 is 0 Å². The van der Waals surface area contributed by atoms with E-state index in [1.54, 1.807) is 6.20 Å². The summed E-state index contributed by atoms with van der Waals surface area (Å²) < 4.78 is 5.79. The largest absolute Gasteiger partial charge is 0.493 e. The van der Waals surface area contributed by atoms with Crippen LogP contribution in [-0.4, -0.2) is 11.6 Å². The van der Waals surface area contributed by atoms with E-state index in [-0.39, 0.29) is 5.56 Å². The zero-order valence-corrected chi connectivity index (χ0v) is 10.5. The molecule has 1 N–H and O–H groups in total. The zero-order valence-electron chi connectivity index (χ0n) is 10.5. The fraction of sp³-hybridized carbons (Fsp3) is 0.400. The molecule has 0 unspecified atom stereocenters. The van der Waals surface area contributed by atoms with Gasteiger partial charge < -0.3 is 9.72 Å². The van der Waals surface area contributed by atoms with Gasteiger partial charge in [0.15, 0.2) is 0 Å². The van der Waals surface area contributed by atoms with Crippen LogP contribution in [0.1, 0.15) is 19.8 Å². The molecule has 1 saturated carbocycles. The standard InChI is InChI=1S/C15H17NO2/c1-10-6-11(7-10)9-18-13-2-3-14-12(8-13)4-5-16-15(14)17/h2-5,8,10-11H,6-7,9H2,1H3,(H,16,17). The fourth-order valence-corrected chi connectivity index (χ4v) is 2.68. The van der Waals surface area contributed by atoms with Crippen molar-refractivity contribution in [2.24, 2.45) is 11.8 Å². The maximum absolute atomic E-state index is 11.6. The second-order valence-corrected chi connectivity index (χ2v) is 5.31. The predicted octanol–water partition coefficient (Wildman–Crippen LogP) is 2.95. The van der Waals surface area contributed by atoms with E-state index < -0.39 is 0 Å². The number of benzene rings is 1. The second kappa shape index (κ2) is 4.48. The number of pyridine rings is 1.